The van der Waals surface area contributed by atoms with Crippen molar-refractivity contribution < 1.29 is 31.3 Å². The van der Waals surface area contributed by atoms with E-state index in [0.717, 1.165) is 12.1 Å². The summed E-state index contributed by atoms with van der Waals surface area (Å²) in [6.45, 7) is -0.588. The molecule has 0 saturated carbocycles. The number of hydrogen-bond acceptors (Lipinski definition) is 12. The third-order valence-corrected chi connectivity index (χ3v) is 6.71. The zero-order chi connectivity index (χ0) is 23.9. The number of anilines is 1. The number of sulfonamides is 2. The average molecular weight is 513 g/mol. The predicted octanol–water partition coefficient (Wildman–Crippen LogP) is 0.551. The van der Waals surface area contributed by atoms with Gasteiger partial charge in [-0.1, -0.05) is 11.6 Å². The second kappa shape index (κ2) is 10.6. The van der Waals surface area contributed by atoms with Gasteiger partial charge in [0.25, 0.3) is 10.0 Å². The molecule has 0 unspecified atom stereocenters. The van der Waals surface area contributed by atoms with Gasteiger partial charge >= 0.3 is 0 Å². The van der Waals surface area contributed by atoms with Gasteiger partial charge in [-0.15, -0.1) is 14.2 Å². The fourth-order valence-corrected chi connectivity index (χ4v) is 4.93. The zero-order valence-electron chi connectivity index (χ0n) is 16.1. The lowest BCUT2D eigenvalue weighted by Crippen LogP contribution is -2.35. The van der Waals surface area contributed by atoms with Crippen molar-refractivity contribution in [1.29, 1.82) is 0 Å². The van der Waals surface area contributed by atoms with Gasteiger partial charge in [-0.3, -0.25) is 4.79 Å². The van der Waals surface area contributed by atoms with Crippen LogP contribution in [0, 0.1) is 9.81 Å². The monoisotopic (exact) mass is 512 g/mol. The van der Waals surface area contributed by atoms with Crippen LogP contribution in [0.15, 0.2) is 37.0 Å². The minimum atomic E-state index is -4.25. The number of primary sulfonamides is 1. The van der Waals surface area contributed by atoms with E-state index >= 15 is 0 Å². The Morgan fingerprint density at radius 3 is 2.66 bits per heavy atom. The van der Waals surface area contributed by atoms with Crippen molar-refractivity contribution in [3.63, 3.8) is 0 Å². The van der Waals surface area contributed by atoms with E-state index in [1.165, 1.54) is 0 Å². The van der Waals surface area contributed by atoms with Gasteiger partial charge in [-0.25, -0.2) is 13.6 Å². The predicted molar refractivity (Wildman–Crippen MR) is 110 cm³/mol. The van der Waals surface area contributed by atoms with Gasteiger partial charge in [0.05, 0.1) is 17.3 Å². The van der Waals surface area contributed by atoms with Crippen molar-refractivity contribution in [2.24, 2.45) is 20.2 Å². The molecule has 32 heavy (non-hydrogen) atoms. The third kappa shape index (κ3) is 6.81. The van der Waals surface area contributed by atoms with Crippen molar-refractivity contribution >= 4 is 49.1 Å². The number of halogens is 1. The smallest absolute Gasteiger partial charge is 0.286 e. The minimum absolute atomic E-state index is 0.0153. The highest BCUT2D eigenvalue weighted by molar-refractivity contribution is 7.91. The first-order chi connectivity index (χ1) is 15.0. The summed E-state index contributed by atoms with van der Waals surface area (Å²) in [7, 11) is -8.49. The van der Waals surface area contributed by atoms with Crippen LogP contribution in [0.2, 0.25) is 5.02 Å². The van der Waals surface area contributed by atoms with Crippen molar-refractivity contribution in [3.05, 3.63) is 27.0 Å². The number of amidine groups is 1. The lowest BCUT2D eigenvalue weighted by atomic mass is 10.2. The molecule has 15 nitrogen and oxygen atoms in total. The van der Waals surface area contributed by atoms with Gasteiger partial charge in [0.15, 0.2) is 23.4 Å². The van der Waals surface area contributed by atoms with Gasteiger partial charge in [0.2, 0.25) is 15.9 Å². The number of nitrogens with one attached hydrogen (secondary N) is 2. The van der Waals surface area contributed by atoms with Crippen LogP contribution in [0.25, 0.3) is 0 Å². The molecule has 1 atom stereocenters. The van der Waals surface area contributed by atoms with Crippen LogP contribution in [-0.4, -0.2) is 47.8 Å². The van der Waals surface area contributed by atoms with Crippen molar-refractivity contribution in [3.8, 4) is 0 Å². The molecular weight excluding hydrogens is 496 g/mol. The molecule has 176 valence electrons. The first-order valence-electron chi connectivity index (χ1n) is 8.65. The van der Waals surface area contributed by atoms with Crippen LogP contribution >= 0.6 is 11.6 Å². The molecule has 1 amide bonds. The Balaban J connectivity index is 1.97. The third-order valence-electron chi connectivity index (χ3n) is 3.98. The SMILES string of the molecule is NS(=O)(=O)c1cc2c(cc1Cl)NC(CCCC(=O)NC[C@H](CON=O)ON=O)=NS2(=O)=O. The number of amides is 1. The molecule has 0 bridgehead atoms. The molecule has 1 aromatic rings. The number of nitrogens with two attached hydrogens (primary N) is 1. The van der Waals surface area contributed by atoms with Crippen molar-refractivity contribution in [2.75, 3.05) is 18.5 Å². The second-order valence-electron chi connectivity index (χ2n) is 6.29. The number of benzene rings is 1. The highest BCUT2D eigenvalue weighted by atomic mass is 35.5. The summed E-state index contributed by atoms with van der Waals surface area (Å²) in [5.74, 6) is -0.453. The van der Waals surface area contributed by atoms with E-state index in [9.17, 15) is 31.4 Å². The molecule has 1 heterocycles. The number of carbonyl (C=O) groups excluding carboxylic acids is 1. The van der Waals surface area contributed by atoms with E-state index in [1.54, 1.807) is 0 Å². The van der Waals surface area contributed by atoms with E-state index in [-0.39, 0.29) is 42.4 Å². The van der Waals surface area contributed by atoms with Gasteiger partial charge < -0.3 is 20.3 Å². The summed E-state index contributed by atoms with van der Waals surface area (Å²) >= 11 is 5.89. The Hall–Kier alpha value is -2.89. The summed E-state index contributed by atoms with van der Waals surface area (Å²) in [6, 6.07) is 1.92. The first kappa shape index (κ1) is 25.4. The molecule has 0 aromatic heterocycles. The fourth-order valence-electron chi connectivity index (χ4n) is 2.58. The number of rotatable bonds is 12. The second-order valence-corrected chi connectivity index (χ2v) is 9.80. The van der Waals surface area contributed by atoms with Gasteiger partial charge in [-0.2, -0.15) is 8.42 Å². The lowest BCUT2D eigenvalue weighted by Gasteiger charge is -2.19. The topological polar surface area (TPSA) is 225 Å². The summed E-state index contributed by atoms with van der Waals surface area (Å²) < 4.78 is 51.5. The van der Waals surface area contributed by atoms with Crippen LogP contribution in [0.3, 0.4) is 0 Å². The maximum absolute atomic E-state index is 12.4. The summed E-state index contributed by atoms with van der Waals surface area (Å²) in [6.07, 6.45) is -0.844. The van der Waals surface area contributed by atoms with Gasteiger partial charge in [0.1, 0.15) is 15.6 Å². The van der Waals surface area contributed by atoms with E-state index in [0.29, 0.717) is 0 Å². The van der Waals surface area contributed by atoms with Crippen molar-refractivity contribution in [2.45, 2.75) is 35.2 Å². The molecular formula is C14H17ClN6O9S2. The van der Waals surface area contributed by atoms with Crippen LogP contribution in [0.5, 0.6) is 0 Å². The number of hydrogen-bond donors (Lipinski definition) is 3. The normalized spacial score (nSPS) is 15.4. The fraction of sp³-hybridized carbons (Fsp3) is 0.429. The van der Waals surface area contributed by atoms with E-state index in [4.69, 9.17) is 16.7 Å². The van der Waals surface area contributed by atoms with Crippen LogP contribution in [-0.2, 0) is 34.5 Å². The molecule has 0 aliphatic carbocycles. The maximum Gasteiger partial charge on any atom is 0.286 e. The quantitative estimate of drug-likeness (QED) is 0.260. The van der Waals surface area contributed by atoms with Gasteiger partial charge in [-0.05, 0) is 18.6 Å². The molecule has 0 saturated heterocycles. The first-order valence-corrected chi connectivity index (χ1v) is 12.0. The number of fused-ring (bicyclic) bond motifs is 1. The summed E-state index contributed by atoms with van der Waals surface area (Å²) in [4.78, 5) is 39.6. The van der Waals surface area contributed by atoms with E-state index in [1.807, 2.05) is 0 Å². The molecule has 0 radical (unpaired) electrons. The Morgan fingerprint density at radius 2 is 2.03 bits per heavy atom. The van der Waals surface area contributed by atoms with Crippen molar-refractivity contribution in [1.82, 2.24) is 5.32 Å². The number of carbonyl (C=O) groups is 1. The van der Waals surface area contributed by atoms with Crippen LogP contribution in [0.4, 0.5) is 5.69 Å². The molecule has 0 fully saturated rings. The van der Waals surface area contributed by atoms with Crippen LogP contribution in [0.1, 0.15) is 19.3 Å². The molecule has 4 N–H and O–H groups in total. The highest BCUT2D eigenvalue weighted by Gasteiger charge is 2.28. The standard InChI is InChI=1S/C14H17ClN6O9S2/c15-9-4-10-12(5-11(9)31(16,25)26)32(27,28)19-13(18-10)2-1-3-14(22)17-6-8(30-21-24)7-29-20-23/h4-5,8H,1-3,6-7H2,(H,17,22)(H,18,19)(H2,16,25,26)/t8-/m1/s1. The van der Waals surface area contributed by atoms with E-state index in [2.05, 4.69) is 35.4 Å². The Kier molecular flexibility index (Phi) is 8.42. The van der Waals surface area contributed by atoms with Gasteiger partial charge in [0, 0.05) is 12.8 Å². The molecule has 1 aliphatic heterocycles. The van der Waals surface area contributed by atoms with Crippen LogP contribution < -0.4 is 15.8 Å². The summed E-state index contributed by atoms with van der Waals surface area (Å²) in [5, 5.41) is 14.2. The molecule has 1 aliphatic rings. The molecule has 0 spiro atoms. The zero-order valence-corrected chi connectivity index (χ0v) is 18.4. The maximum atomic E-state index is 12.4. The minimum Gasteiger partial charge on any atom is -0.360 e. The van der Waals surface area contributed by atoms with E-state index < -0.39 is 48.5 Å². The average Bonchev–Trinajstić information content (AvgIpc) is 2.68. The molecule has 18 heteroatoms. The Bertz CT molecular complexity index is 1140. The Labute approximate surface area is 186 Å². The highest BCUT2D eigenvalue weighted by Crippen LogP contribution is 2.34. The largest absolute Gasteiger partial charge is 0.360 e. The lowest BCUT2D eigenvalue weighted by molar-refractivity contribution is -0.122. The summed E-state index contributed by atoms with van der Waals surface area (Å²) in [5.41, 5.74) is 0.0157. The molecule has 2 rings (SSSR count). The number of nitrogens with zero attached hydrogens (tertiary/aromatic N) is 3. The Morgan fingerprint density at radius 1 is 1.31 bits per heavy atom. The molecule has 1 aromatic carbocycles.